The van der Waals surface area contributed by atoms with E-state index in [4.69, 9.17) is 19.6 Å². The van der Waals surface area contributed by atoms with Crippen LogP contribution in [0, 0.1) is 5.82 Å². The number of hydrogen-bond acceptors (Lipinski definition) is 7. The van der Waals surface area contributed by atoms with Gasteiger partial charge < -0.3 is 20.1 Å². The Kier molecular flexibility index (Phi) is 8.88. The maximum atomic E-state index is 14.2. The third-order valence-corrected chi connectivity index (χ3v) is 7.61. The van der Waals surface area contributed by atoms with E-state index in [9.17, 15) is 9.18 Å². The van der Waals surface area contributed by atoms with E-state index in [1.54, 1.807) is 47.8 Å². The van der Waals surface area contributed by atoms with Gasteiger partial charge in [-0.3, -0.25) is 4.79 Å². The van der Waals surface area contributed by atoms with Gasteiger partial charge in [-0.05, 0) is 49.2 Å². The van der Waals surface area contributed by atoms with Crippen LogP contribution in [-0.4, -0.2) is 33.5 Å². The first-order valence-electron chi connectivity index (χ1n) is 13.5. The minimum atomic E-state index is -0.586. The third kappa shape index (κ3) is 6.38. The second-order valence-corrected chi connectivity index (χ2v) is 10.6. The second-order valence-electron chi connectivity index (χ2n) is 9.54. The second kappa shape index (κ2) is 12.9. The van der Waals surface area contributed by atoms with Crippen LogP contribution in [0.3, 0.4) is 0 Å². The number of nitrogens with one attached hydrogen (secondary N) is 2. The van der Waals surface area contributed by atoms with Crippen molar-refractivity contribution in [2.45, 2.75) is 44.5 Å². The van der Waals surface area contributed by atoms with Crippen molar-refractivity contribution in [1.29, 1.82) is 0 Å². The molecule has 2 N–H and O–H groups in total. The van der Waals surface area contributed by atoms with Gasteiger partial charge in [0.05, 0.1) is 12.7 Å². The summed E-state index contributed by atoms with van der Waals surface area (Å²) < 4.78 is 27.5. The lowest BCUT2D eigenvalue weighted by Crippen LogP contribution is -2.31. The highest BCUT2D eigenvalue weighted by molar-refractivity contribution is 7.99. The van der Waals surface area contributed by atoms with Gasteiger partial charge >= 0.3 is 0 Å². The summed E-state index contributed by atoms with van der Waals surface area (Å²) in [6.45, 7) is 4.05. The first kappa shape index (κ1) is 28.2. The smallest absolute Gasteiger partial charge is 0.255 e. The molecule has 0 saturated carbocycles. The number of rotatable bonds is 11. The van der Waals surface area contributed by atoms with Crippen LogP contribution in [0.1, 0.15) is 43.9 Å². The molecule has 0 spiro atoms. The van der Waals surface area contributed by atoms with Gasteiger partial charge in [-0.15, -0.1) is 5.10 Å². The van der Waals surface area contributed by atoms with Crippen LogP contribution in [0.25, 0.3) is 0 Å². The van der Waals surface area contributed by atoms with Crippen molar-refractivity contribution in [3.63, 3.8) is 0 Å². The molecular formula is C31H32FN5O3S. The zero-order valence-electron chi connectivity index (χ0n) is 23.2. The maximum Gasteiger partial charge on any atom is 0.255 e. The van der Waals surface area contributed by atoms with E-state index in [1.807, 2.05) is 49.4 Å². The fourth-order valence-corrected chi connectivity index (χ4v) is 5.48. The number of carbonyl (C=O) groups is 1. The van der Waals surface area contributed by atoms with E-state index in [-0.39, 0.29) is 18.3 Å². The van der Waals surface area contributed by atoms with Gasteiger partial charge in [0.25, 0.3) is 5.91 Å². The Morgan fingerprint density at radius 2 is 1.88 bits per heavy atom. The molecule has 1 aromatic heterocycles. The van der Waals surface area contributed by atoms with Crippen LogP contribution in [0.4, 0.5) is 16.0 Å². The van der Waals surface area contributed by atoms with Gasteiger partial charge in [0, 0.05) is 22.7 Å². The molecule has 0 saturated heterocycles. The Morgan fingerprint density at radius 1 is 1.10 bits per heavy atom. The molecule has 3 aromatic carbocycles. The number of amides is 1. The summed E-state index contributed by atoms with van der Waals surface area (Å²) in [7, 11) is 1.55. The van der Waals surface area contributed by atoms with Crippen molar-refractivity contribution in [2.75, 3.05) is 23.5 Å². The number of para-hydroxylation sites is 1. The number of anilines is 2. The lowest BCUT2D eigenvalue weighted by molar-refractivity contribution is -0.113. The summed E-state index contributed by atoms with van der Waals surface area (Å²) in [5.41, 5.74) is 3.06. The van der Waals surface area contributed by atoms with Crippen LogP contribution in [0.5, 0.6) is 11.5 Å². The average Bonchev–Trinajstić information content (AvgIpc) is 3.38. The van der Waals surface area contributed by atoms with E-state index in [0.29, 0.717) is 45.1 Å². The van der Waals surface area contributed by atoms with Crippen molar-refractivity contribution >= 4 is 29.3 Å². The van der Waals surface area contributed by atoms with E-state index in [2.05, 4.69) is 17.6 Å². The van der Waals surface area contributed by atoms with Crippen molar-refractivity contribution in [3.05, 3.63) is 101 Å². The highest BCUT2D eigenvalue weighted by Gasteiger charge is 2.35. The Morgan fingerprint density at radius 3 is 2.63 bits per heavy atom. The molecule has 41 heavy (non-hydrogen) atoms. The minimum Gasteiger partial charge on any atom is -0.493 e. The quantitative estimate of drug-likeness (QED) is 0.150. The zero-order chi connectivity index (χ0) is 28.8. The fourth-order valence-electron chi connectivity index (χ4n) is 4.57. The molecule has 0 aliphatic carbocycles. The summed E-state index contributed by atoms with van der Waals surface area (Å²) in [4.78, 5) is 18.4. The van der Waals surface area contributed by atoms with Crippen molar-refractivity contribution in [3.8, 4) is 11.5 Å². The molecule has 0 radical (unpaired) electrons. The number of nitrogens with zero attached hydrogens (tertiary/aromatic N) is 3. The van der Waals surface area contributed by atoms with E-state index < -0.39 is 6.04 Å². The standard InChI is InChI=1S/C31H32FN5O3S/c1-4-5-17-41-31-35-30-33-20(2)27(29(38)34-23-12-7-6-8-13-23)28(37(30)36-31)21-15-16-25(26(18-21)39-3)40-19-22-11-9-10-14-24(22)32/h6-16,18,28H,4-5,17,19H2,1-3H3,(H,34,38)(H,33,35,36). The molecule has 2 heterocycles. The summed E-state index contributed by atoms with van der Waals surface area (Å²) in [5, 5.41) is 11.7. The molecule has 10 heteroatoms. The molecule has 8 nitrogen and oxygen atoms in total. The van der Waals surface area contributed by atoms with E-state index in [0.717, 1.165) is 24.2 Å². The first-order chi connectivity index (χ1) is 20.0. The monoisotopic (exact) mass is 573 g/mol. The van der Waals surface area contributed by atoms with Crippen LogP contribution in [-0.2, 0) is 11.4 Å². The third-order valence-electron chi connectivity index (χ3n) is 6.68. The lowest BCUT2D eigenvalue weighted by atomic mass is 9.94. The Labute approximate surface area is 243 Å². The molecule has 4 aromatic rings. The normalized spacial score (nSPS) is 14.3. The number of hydrogen-bond donors (Lipinski definition) is 2. The molecule has 1 atom stereocenters. The lowest BCUT2D eigenvalue weighted by Gasteiger charge is -2.29. The summed E-state index contributed by atoms with van der Waals surface area (Å²) in [6, 6.07) is 20.7. The topological polar surface area (TPSA) is 90.3 Å². The summed E-state index contributed by atoms with van der Waals surface area (Å²) in [6.07, 6.45) is 2.13. The van der Waals surface area contributed by atoms with Gasteiger partial charge in [-0.2, -0.15) is 4.98 Å². The molecule has 5 rings (SSSR count). The van der Waals surface area contributed by atoms with E-state index >= 15 is 0 Å². The van der Waals surface area contributed by atoms with Crippen molar-refractivity contribution < 1.29 is 18.7 Å². The van der Waals surface area contributed by atoms with Gasteiger partial charge in [0.2, 0.25) is 11.1 Å². The Bertz CT molecular complexity index is 1560. The predicted molar refractivity (Wildman–Crippen MR) is 159 cm³/mol. The molecule has 1 unspecified atom stereocenters. The molecular weight excluding hydrogens is 541 g/mol. The Balaban J connectivity index is 1.50. The summed E-state index contributed by atoms with van der Waals surface area (Å²) in [5.74, 6) is 1.78. The average molecular weight is 574 g/mol. The summed E-state index contributed by atoms with van der Waals surface area (Å²) >= 11 is 1.59. The number of unbranched alkanes of at least 4 members (excludes halogenated alkanes) is 1. The number of benzene rings is 3. The molecule has 212 valence electrons. The van der Waals surface area contributed by atoms with Crippen LogP contribution >= 0.6 is 11.8 Å². The number of halogens is 1. The highest BCUT2D eigenvalue weighted by Crippen LogP contribution is 2.40. The van der Waals surface area contributed by atoms with Gasteiger partial charge in [0.1, 0.15) is 18.5 Å². The maximum absolute atomic E-state index is 14.2. The number of fused-ring (bicyclic) bond motifs is 1. The largest absolute Gasteiger partial charge is 0.493 e. The zero-order valence-corrected chi connectivity index (χ0v) is 24.0. The number of methoxy groups -OCH3 is 1. The molecule has 1 aliphatic heterocycles. The van der Waals surface area contributed by atoms with Crippen LogP contribution < -0.4 is 20.1 Å². The van der Waals surface area contributed by atoms with Crippen LogP contribution in [0.2, 0.25) is 0 Å². The fraction of sp³-hybridized carbons (Fsp3) is 0.258. The van der Waals surface area contributed by atoms with Crippen molar-refractivity contribution in [2.24, 2.45) is 0 Å². The highest BCUT2D eigenvalue weighted by atomic mass is 32.2. The molecule has 1 aliphatic rings. The molecule has 0 fully saturated rings. The van der Waals surface area contributed by atoms with Gasteiger partial charge in [-0.25, -0.2) is 9.07 Å². The first-order valence-corrected chi connectivity index (χ1v) is 14.4. The molecule has 0 bridgehead atoms. The predicted octanol–water partition coefficient (Wildman–Crippen LogP) is 6.82. The van der Waals surface area contributed by atoms with Gasteiger partial charge in [0.15, 0.2) is 11.5 Å². The number of aromatic nitrogens is 3. The Hall–Kier alpha value is -4.31. The van der Waals surface area contributed by atoms with Crippen molar-refractivity contribution in [1.82, 2.24) is 14.8 Å². The minimum absolute atomic E-state index is 0.0467. The van der Waals surface area contributed by atoms with Gasteiger partial charge in [-0.1, -0.05) is 67.6 Å². The number of thioether (sulfide) groups is 1. The number of ether oxygens (including phenoxy) is 2. The number of allylic oxidation sites excluding steroid dienone is 1. The number of carbonyl (C=O) groups excluding carboxylic acids is 1. The molecule has 1 amide bonds. The van der Waals surface area contributed by atoms with E-state index in [1.165, 1.54) is 6.07 Å². The van der Waals surface area contributed by atoms with Crippen LogP contribution in [0.15, 0.2) is 89.2 Å². The SMILES string of the molecule is CCCCSc1nc2n(n1)C(c1ccc(OCc3ccccc3F)c(OC)c1)C(C(=O)Nc1ccccc1)=C(C)N2.